The van der Waals surface area contributed by atoms with Crippen LogP contribution in [0.5, 0.6) is 5.75 Å². The van der Waals surface area contributed by atoms with Crippen molar-refractivity contribution in [3.8, 4) is 5.75 Å². The number of alkyl halides is 3. The summed E-state index contributed by atoms with van der Waals surface area (Å²) in [7, 11) is 0. The number of carbonyl (C=O) groups excluding carboxylic acids is 1. The predicted molar refractivity (Wildman–Crippen MR) is 112 cm³/mol. The first kappa shape index (κ1) is 20.3. The lowest BCUT2D eigenvalue weighted by Crippen LogP contribution is -2.33. The van der Waals surface area contributed by atoms with E-state index >= 15 is 0 Å². The topological polar surface area (TPSA) is 35.1 Å². The summed E-state index contributed by atoms with van der Waals surface area (Å²) in [6, 6.07) is 17.7. The van der Waals surface area contributed by atoms with E-state index in [0.717, 1.165) is 17.4 Å². The van der Waals surface area contributed by atoms with Crippen LogP contribution in [0.25, 0.3) is 10.9 Å². The summed E-state index contributed by atoms with van der Waals surface area (Å²) >= 11 is 0. The molecule has 0 bridgehead atoms. The SMILES string of the molecule is O=C1c2ccc(OC(F)(F)F)cc2CCC1n1ccc2c[n+](Cc3ccccc3)ccc21. The highest BCUT2D eigenvalue weighted by molar-refractivity contribution is 6.02. The van der Waals surface area contributed by atoms with E-state index in [1.165, 1.54) is 23.8 Å². The summed E-state index contributed by atoms with van der Waals surface area (Å²) in [6.45, 7) is 0.750. The molecule has 2 heterocycles. The number of carbonyl (C=O) groups is 1. The highest BCUT2D eigenvalue weighted by Gasteiger charge is 2.33. The molecular formula is C25H20F3N2O2+. The fourth-order valence-electron chi connectivity index (χ4n) is 4.40. The predicted octanol–water partition coefficient (Wildman–Crippen LogP) is 5.25. The van der Waals surface area contributed by atoms with Crippen molar-refractivity contribution in [3.05, 3.63) is 95.9 Å². The molecule has 0 amide bonds. The van der Waals surface area contributed by atoms with Gasteiger partial charge < -0.3 is 9.30 Å². The lowest BCUT2D eigenvalue weighted by molar-refractivity contribution is -0.687. The van der Waals surface area contributed by atoms with E-state index in [1.807, 2.05) is 47.3 Å². The maximum absolute atomic E-state index is 13.2. The van der Waals surface area contributed by atoms with Gasteiger partial charge in [-0.25, -0.2) is 4.57 Å². The minimum Gasteiger partial charge on any atom is -0.406 e. The number of ether oxygens (including phenoxy) is 1. The number of nitrogens with zero attached hydrogens (tertiary/aromatic N) is 2. The first-order chi connectivity index (χ1) is 15.4. The summed E-state index contributed by atoms with van der Waals surface area (Å²) in [5.74, 6) is -0.389. The van der Waals surface area contributed by atoms with E-state index in [9.17, 15) is 18.0 Å². The molecule has 4 aromatic rings. The molecule has 1 atom stereocenters. The molecular weight excluding hydrogens is 417 g/mol. The van der Waals surface area contributed by atoms with Crippen LogP contribution in [-0.4, -0.2) is 16.7 Å². The number of pyridine rings is 1. The molecule has 5 rings (SSSR count). The third-order valence-corrected chi connectivity index (χ3v) is 5.83. The second-order valence-electron chi connectivity index (χ2n) is 7.95. The number of rotatable bonds is 4. The molecule has 0 spiro atoms. The first-order valence-electron chi connectivity index (χ1n) is 10.3. The van der Waals surface area contributed by atoms with Gasteiger partial charge in [0.1, 0.15) is 5.75 Å². The van der Waals surface area contributed by atoms with Crippen molar-refractivity contribution in [1.82, 2.24) is 4.57 Å². The number of ketones is 1. The summed E-state index contributed by atoms with van der Waals surface area (Å²) in [4.78, 5) is 13.2. The van der Waals surface area contributed by atoms with Crippen LogP contribution in [-0.2, 0) is 13.0 Å². The smallest absolute Gasteiger partial charge is 0.406 e. The molecule has 0 aliphatic heterocycles. The number of aromatic nitrogens is 2. The standard InChI is InChI=1S/C25H20F3N2O2/c26-25(27,28)32-20-7-8-21-18(14-20)6-9-23(24(21)31)30-13-10-19-16-29(12-11-22(19)30)15-17-4-2-1-3-5-17/h1-5,7-8,10-14,16,23H,6,9,15H2/q+1. The van der Waals surface area contributed by atoms with Crippen molar-refractivity contribution in [2.24, 2.45) is 0 Å². The quantitative estimate of drug-likeness (QED) is 0.409. The minimum atomic E-state index is -4.75. The molecule has 4 nitrogen and oxygen atoms in total. The Hall–Kier alpha value is -3.61. The Balaban J connectivity index is 1.40. The molecule has 1 unspecified atom stereocenters. The van der Waals surface area contributed by atoms with Gasteiger partial charge in [0.15, 0.2) is 24.7 Å². The maximum Gasteiger partial charge on any atom is 0.573 e. The van der Waals surface area contributed by atoms with Crippen LogP contribution in [0, 0.1) is 0 Å². The highest BCUT2D eigenvalue weighted by Crippen LogP contribution is 2.34. The number of hydrogen-bond acceptors (Lipinski definition) is 2. The zero-order chi connectivity index (χ0) is 22.3. The third-order valence-electron chi connectivity index (χ3n) is 5.83. The zero-order valence-electron chi connectivity index (χ0n) is 17.0. The molecule has 1 aliphatic rings. The Labute approximate surface area is 182 Å². The van der Waals surface area contributed by atoms with Gasteiger partial charge in [-0.2, -0.15) is 0 Å². The molecule has 1 aliphatic carbocycles. The Morgan fingerprint density at radius 1 is 1.06 bits per heavy atom. The number of Topliss-reactive ketones (excluding diaryl/α,β-unsaturated/α-hetero) is 1. The number of aryl methyl sites for hydroxylation is 1. The van der Waals surface area contributed by atoms with Crippen LogP contribution in [0.2, 0.25) is 0 Å². The molecule has 162 valence electrons. The second-order valence-corrected chi connectivity index (χ2v) is 7.95. The van der Waals surface area contributed by atoms with Crippen LogP contribution in [0.4, 0.5) is 13.2 Å². The molecule has 32 heavy (non-hydrogen) atoms. The van der Waals surface area contributed by atoms with Gasteiger partial charge in [-0.3, -0.25) is 4.79 Å². The number of hydrogen-bond donors (Lipinski definition) is 0. The monoisotopic (exact) mass is 437 g/mol. The van der Waals surface area contributed by atoms with Crippen molar-refractivity contribution < 1.29 is 27.3 Å². The van der Waals surface area contributed by atoms with Gasteiger partial charge in [0.05, 0.1) is 16.9 Å². The number of fused-ring (bicyclic) bond motifs is 2. The average molecular weight is 437 g/mol. The van der Waals surface area contributed by atoms with Gasteiger partial charge in [-0.1, -0.05) is 30.3 Å². The molecule has 2 aromatic carbocycles. The Bertz CT molecular complexity index is 1300. The van der Waals surface area contributed by atoms with Crippen molar-refractivity contribution in [1.29, 1.82) is 0 Å². The van der Waals surface area contributed by atoms with E-state index in [-0.39, 0.29) is 17.6 Å². The second kappa shape index (κ2) is 7.82. The normalized spacial score (nSPS) is 16.2. The summed E-state index contributed by atoms with van der Waals surface area (Å²) in [5, 5.41) is 1.02. The van der Waals surface area contributed by atoms with E-state index in [1.54, 1.807) is 0 Å². The molecule has 2 aromatic heterocycles. The Morgan fingerprint density at radius 2 is 1.88 bits per heavy atom. The van der Waals surface area contributed by atoms with Gasteiger partial charge in [-0.15, -0.1) is 13.2 Å². The summed E-state index contributed by atoms with van der Waals surface area (Å²) in [5.41, 5.74) is 3.19. The van der Waals surface area contributed by atoms with Gasteiger partial charge in [0, 0.05) is 23.4 Å². The van der Waals surface area contributed by atoms with E-state index in [2.05, 4.69) is 27.6 Å². The fourth-order valence-corrected chi connectivity index (χ4v) is 4.40. The van der Waals surface area contributed by atoms with E-state index in [0.29, 0.717) is 24.0 Å². The lowest BCUT2D eigenvalue weighted by atomic mass is 9.87. The molecule has 0 N–H and O–H groups in total. The number of benzene rings is 2. The Morgan fingerprint density at radius 3 is 2.66 bits per heavy atom. The van der Waals surface area contributed by atoms with Crippen LogP contribution in [0.1, 0.15) is 33.9 Å². The average Bonchev–Trinajstić information content (AvgIpc) is 3.16. The van der Waals surface area contributed by atoms with E-state index < -0.39 is 6.36 Å². The van der Waals surface area contributed by atoms with Crippen molar-refractivity contribution in [3.63, 3.8) is 0 Å². The Kier molecular flexibility index (Phi) is 4.96. The summed E-state index contributed by atoms with van der Waals surface area (Å²) in [6.07, 6.45) is 2.23. The third kappa shape index (κ3) is 3.98. The fraction of sp³-hybridized carbons (Fsp3) is 0.200. The zero-order valence-corrected chi connectivity index (χ0v) is 17.0. The maximum atomic E-state index is 13.2. The molecule has 0 saturated heterocycles. The van der Waals surface area contributed by atoms with Crippen LogP contribution < -0.4 is 9.30 Å². The summed E-state index contributed by atoms with van der Waals surface area (Å²) < 4.78 is 45.6. The molecule has 0 radical (unpaired) electrons. The first-order valence-corrected chi connectivity index (χ1v) is 10.3. The van der Waals surface area contributed by atoms with Crippen molar-refractivity contribution in [2.45, 2.75) is 31.8 Å². The minimum absolute atomic E-state index is 0.0941. The van der Waals surface area contributed by atoms with Gasteiger partial charge >= 0.3 is 6.36 Å². The van der Waals surface area contributed by atoms with Crippen LogP contribution >= 0.6 is 0 Å². The van der Waals surface area contributed by atoms with Crippen molar-refractivity contribution in [2.75, 3.05) is 0 Å². The highest BCUT2D eigenvalue weighted by atomic mass is 19.4. The lowest BCUT2D eigenvalue weighted by Gasteiger charge is -2.25. The van der Waals surface area contributed by atoms with Crippen molar-refractivity contribution >= 4 is 16.7 Å². The van der Waals surface area contributed by atoms with Crippen LogP contribution in [0.15, 0.2) is 79.3 Å². The molecule has 0 fully saturated rings. The van der Waals surface area contributed by atoms with Gasteiger partial charge in [-0.05, 0) is 42.7 Å². The molecule has 7 heteroatoms. The van der Waals surface area contributed by atoms with Gasteiger partial charge in [0.25, 0.3) is 0 Å². The van der Waals surface area contributed by atoms with E-state index in [4.69, 9.17) is 0 Å². The van der Waals surface area contributed by atoms with Gasteiger partial charge in [0.2, 0.25) is 0 Å². The van der Waals surface area contributed by atoms with Crippen LogP contribution in [0.3, 0.4) is 0 Å². The number of halogens is 3. The largest absolute Gasteiger partial charge is 0.573 e. The molecule has 0 saturated carbocycles.